The number of rotatable bonds is 8. The number of carbonyl (C=O) groups excluding carboxylic acids is 3. The third-order valence-electron chi connectivity index (χ3n) is 1.79. The molecular formula is C10H18N2O5. The average Bonchev–Trinajstić information content (AvgIpc) is 2.25. The summed E-state index contributed by atoms with van der Waals surface area (Å²) in [5.74, 6) is -1.88. The molecule has 0 rings (SSSR count). The van der Waals surface area contributed by atoms with Gasteiger partial charge < -0.3 is 20.5 Å². The summed E-state index contributed by atoms with van der Waals surface area (Å²) in [5.41, 5.74) is 5.06. The molecule has 0 saturated heterocycles. The fourth-order valence-corrected chi connectivity index (χ4v) is 1.04. The summed E-state index contributed by atoms with van der Waals surface area (Å²) in [6.07, 6.45) is -0.277. The number of primary amides is 1. The molecule has 0 aliphatic carbocycles. The number of hydrogen-bond donors (Lipinski definition) is 2. The van der Waals surface area contributed by atoms with Gasteiger partial charge in [-0.25, -0.2) is 0 Å². The first-order valence-corrected chi connectivity index (χ1v) is 5.33. The van der Waals surface area contributed by atoms with Gasteiger partial charge >= 0.3 is 5.97 Å². The number of nitrogens with two attached hydrogens (primary N) is 1. The summed E-state index contributed by atoms with van der Waals surface area (Å²) in [6, 6.07) is -1.07. The Hall–Kier alpha value is -1.63. The lowest BCUT2D eigenvalue weighted by atomic mass is 10.2. The Balaban J connectivity index is 4.19. The van der Waals surface area contributed by atoms with Crippen LogP contribution in [0.1, 0.15) is 20.3 Å². The van der Waals surface area contributed by atoms with Crippen molar-refractivity contribution >= 4 is 17.8 Å². The summed E-state index contributed by atoms with van der Waals surface area (Å²) in [6.45, 7) is 3.79. The normalized spacial score (nSPS) is 11.6. The summed E-state index contributed by atoms with van der Waals surface area (Å²) >= 11 is 0. The molecule has 0 aliphatic heterocycles. The molecule has 0 aromatic heterocycles. The molecule has 0 radical (unpaired) electrons. The molecule has 0 bridgehead atoms. The topological polar surface area (TPSA) is 108 Å². The first-order valence-electron chi connectivity index (χ1n) is 5.33. The molecule has 0 heterocycles. The zero-order valence-corrected chi connectivity index (χ0v) is 10.0. The Morgan fingerprint density at radius 1 is 1.24 bits per heavy atom. The Bertz CT molecular complexity index is 280. The van der Waals surface area contributed by atoms with Gasteiger partial charge in [-0.3, -0.25) is 14.4 Å². The van der Waals surface area contributed by atoms with Gasteiger partial charge in [-0.15, -0.1) is 0 Å². The number of ether oxygens (including phenoxy) is 2. The van der Waals surface area contributed by atoms with E-state index in [2.05, 4.69) is 10.1 Å². The number of esters is 1. The Kier molecular flexibility index (Phi) is 7.70. The van der Waals surface area contributed by atoms with Crippen molar-refractivity contribution in [3.63, 3.8) is 0 Å². The maximum Gasteiger partial charge on any atom is 0.308 e. The van der Waals surface area contributed by atoms with Crippen LogP contribution in [0, 0.1) is 0 Å². The molecule has 0 aliphatic rings. The lowest BCUT2D eigenvalue weighted by molar-refractivity contribution is -0.145. The van der Waals surface area contributed by atoms with Crippen molar-refractivity contribution in [2.45, 2.75) is 26.3 Å². The van der Waals surface area contributed by atoms with Crippen LogP contribution in [-0.2, 0) is 23.9 Å². The fourth-order valence-electron chi connectivity index (χ4n) is 1.04. The van der Waals surface area contributed by atoms with Crippen molar-refractivity contribution in [1.82, 2.24) is 5.32 Å². The van der Waals surface area contributed by atoms with E-state index in [0.29, 0.717) is 6.61 Å². The second-order valence-electron chi connectivity index (χ2n) is 3.17. The number of hydrogen-bond acceptors (Lipinski definition) is 5. The number of nitrogens with one attached hydrogen (secondary N) is 1. The van der Waals surface area contributed by atoms with E-state index in [9.17, 15) is 14.4 Å². The third-order valence-corrected chi connectivity index (χ3v) is 1.79. The second-order valence-corrected chi connectivity index (χ2v) is 3.17. The summed E-state index contributed by atoms with van der Waals surface area (Å²) in [5, 5.41) is 2.30. The van der Waals surface area contributed by atoms with Gasteiger partial charge in [-0.05, 0) is 13.8 Å². The molecule has 2 amide bonds. The Morgan fingerprint density at radius 3 is 2.35 bits per heavy atom. The van der Waals surface area contributed by atoms with Crippen molar-refractivity contribution in [3.8, 4) is 0 Å². The highest BCUT2D eigenvalue weighted by atomic mass is 16.5. The summed E-state index contributed by atoms with van der Waals surface area (Å²) in [7, 11) is 0. The van der Waals surface area contributed by atoms with Gasteiger partial charge in [0.25, 0.3) is 0 Å². The third kappa shape index (κ3) is 7.29. The highest BCUT2D eigenvalue weighted by Gasteiger charge is 2.22. The highest BCUT2D eigenvalue weighted by molar-refractivity contribution is 5.90. The van der Waals surface area contributed by atoms with Crippen LogP contribution >= 0.6 is 0 Å². The molecule has 1 atom stereocenters. The predicted octanol–water partition coefficient (Wildman–Crippen LogP) is -1.05. The van der Waals surface area contributed by atoms with Crippen molar-refractivity contribution in [1.29, 1.82) is 0 Å². The molecular weight excluding hydrogens is 228 g/mol. The molecule has 0 fully saturated rings. The van der Waals surface area contributed by atoms with Gasteiger partial charge in [0.2, 0.25) is 11.8 Å². The van der Waals surface area contributed by atoms with E-state index in [4.69, 9.17) is 10.5 Å². The maximum atomic E-state index is 11.3. The van der Waals surface area contributed by atoms with Crippen LogP contribution in [-0.4, -0.2) is 43.6 Å². The Morgan fingerprint density at radius 2 is 1.88 bits per heavy atom. The number of amides is 2. The van der Waals surface area contributed by atoms with Crippen molar-refractivity contribution in [3.05, 3.63) is 0 Å². The molecule has 0 saturated carbocycles. The van der Waals surface area contributed by atoms with Crippen LogP contribution < -0.4 is 11.1 Å². The van der Waals surface area contributed by atoms with E-state index in [1.165, 1.54) is 0 Å². The van der Waals surface area contributed by atoms with Crippen LogP contribution in [0.25, 0.3) is 0 Å². The Labute approximate surface area is 99.6 Å². The zero-order chi connectivity index (χ0) is 13.3. The lowest BCUT2D eigenvalue weighted by Gasteiger charge is -2.14. The number of carbonyl (C=O) groups is 3. The van der Waals surface area contributed by atoms with Crippen molar-refractivity contribution < 1.29 is 23.9 Å². The van der Waals surface area contributed by atoms with Gasteiger partial charge in [-0.2, -0.15) is 0 Å². The van der Waals surface area contributed by atoms with Crippen LogP contribution in [0.2, 0.25) is 0 Å². The van der Waals surface area contributed by atoms with Crippen molar-refractivity contribution in [2.75, 3.05) is 19.8 Å². The van der Waals surface area contributed by atoms with Gasteiger partial charge in [0.15, 0.2) is 0 Å². The van der Waals surface area contributed by atoms with Crippen LogP contribution in [0.4, 0.5) is 0 Å². The van der Waals surface area contributed by atoms with Crippen molar-refractivity contribution in [2.24, 2.45) is 5.73 Å². The first kappa shape index (κ1) is 15.4. The quantitative estimate of drug-likeness (QED) is 0.531. The summed E-state index contributed by atoms with van der Waals surface area (Å²) in [4.78, 5) is 33.4. The second kappa shape index (κ2) is 8.51. The van der Waals surface area contributed by atoms with Crippen LogP contribution in [0.15, 0.2) is 0 Å². The van der Waals surface area contributed by atoms with E-state index in [-0.39, 0.29) is 19.6 Å². The molecule has 17 heavy (non-hydrogen) atoms. The molecule has 98 valence electrons. The fraction of sp³-hybridized carbons (Fsp3) is 0.700. The summed E-state index contributed by atoms with van der Waals surface area (Å²) < 4.78 is 9.50. The van der Waals surface area contributed by atoms with E-state index >= 15 is 0 Å². The highest BCUT2D eigenvalue weighted by Crippen LogP contribution is 1.95. The van der Waals surface area contributed by atoms with Gasteiger partial charge in [0.05, 0.1) is 13.0 Å². The molecule has 7 nitrogen and oxygen atoms in total. The van der Waals surface area contributed by atoms with Crippen LogP contribution in [0.3, 0.4) is 0 Å². The monoisotopic (exact) mass is 246 g/mol. The maximum absolute atomic E-state index is 11.3. The van der Waals surface area contributed by atoms with Gasteiger partial charge in [-0.1, -0.05) is 0 Å². The minimum atomic E-state index is -1.07. The SMILES string of the molecule is CCOCC(=O)N[C@H](CC(=O)OCC)C(N)=O. The van der Waals surface area contributed by atoms with Gasteiger partial charge in [0.1, 0.15) is 12.6 Å². The zero-order valence-electron chi connectivity index (χ0n) is 10.0. The molecule has 0 aromatic carbocycles. The van der Waals surface area contributed by atoms with E-state index in [1.807, 2.05) is 0 Å². The smallest absolute Gasteiger partial charge is 0.308 e. The minimum absolute atomic E-state index is 0.177. The van der Waals surface area contributed by atoms with E-state index in [0.717, 1.165) is 0 Å². The standard InChI is InChI=1S/C10H18N2O5/c1-3-16-6-8(13)12-7(10(11)15)5-9(14)17-4-2/h7H,3-6H2,1-2H3,(H2,11,15)(H,12,13)/t7-/m1/s1. The predicted molar refractivity (Wildman–Crippen MR) is 58.9 cm³/mol. The largest absolute Gasteiger partial charge is 0.466 e. The molecule has 0 unspecified atom stereocenters. The first-order chi connectivity index (χ1) is 8.01. The lowest BCUT2D eigenvalue weighted by Crippen LogP contribution is -2.47. The van der Waals surface area contributed by atoms with E-state index in [1.54, 1.807) is 13.8 Å². The van der Waals surface area contributed by atoms with E-state index < -0.39 is 23.8 Å². The molecule has 3 N–H and O–H groups in total. The van der Waals surface area contributed by atoms with Crippen LogP contribution in [0.5, 0.6) is 0 Å². The molecule has 0 aromatic rings. The average molecular weight is 246 g/mol. The molecule has 7 heteroatoms. The molecule has 0 spiro atoms. The van der Waals surface area contributed by atoms with Gasteiger partial charge in [0, 0.05) is 6.61 Å². The minimum Gasteiger partial charge on any atom is -0.466 e.